The fourth-order valence-corrected chi connectivity index (χ4v) is 5.59. The molecule has 236 valence electrons. The van der Waals surface area contributed by atoms with E-state index in [2.05, 4.69) is 9.80 Å². The van der Waals surface area contributed by atoms with Crippen LogP contribution in [0.5, 0.6) is 11.5 Å². The van der Waals surface area contributed by atoms with Gasteiger partial charge < -0.3 is 34.6 Å². The standard InChI is InChI=1S/C33H40N8O4/c1-39(2)17-15-25-26(45-33(34)42)16-18-41(25)31-20-24(21-11-12-27(43-5)28(19-21)44-6)36-29(37-31)13-14-30-35-23-10-8-7-9-22(23)32(38-30)40(3)4/h7-14,19-20,25-26H,15-18H2,1-6H3,(H2,34,42). The molecule has 2 aromatic heterocycles. The number of primary amides is 1. The average molecular weight is 613 g/mol. The number of ether oxygens (including phenoxy) is 3. The van der Waals surface area contributed by atoms with Gasteiger partial charge in [-0.25, -0.2) is 24.7 Å². The van der Waals surface area contributed by atoms with Crippen LogP contribution in [-0.4, -0.2) is 98.6 Å². The molecule has 2 unspecified atom stereocenters. The Kier molecular flexibility index (Phi) is 9.62. The van der Waals surface area contributed by atoms with Gasteiger partial charge in [0.05, 0.1) is 31.5 Å². The summed E-state index contributed by atoms with van der Waals surface area (Å²) >= 11 is 0. The van der Waals surface area contributed by atoms with Crippen LogP contribution in [0.25, 0.3) is 34.3 Å². The van der Waals surface area contributed by atoms with Crippen molar-refractivity contribution >= 4 is 40.8 Å². The zero-order valence-electron chi connectivity index (χ0n) is 26.6. The Bertz CT molecular complexity index is 1690. The van der Waals surface area contributed by atoms with Crippen molar-refractivity contribution in [2.24, 2.45) is 5.73 Å². The second-order valence-corrected chi connectivity index (χ2v) is 11.3. The number of amides is 1. The first-order chi connectivity index (χ1) is 21.7. The molecule has 1 aliphatic heterocycles. The van der Waals surface area contributed by atoms with E-state index in [-0.39, 0.29) is 12.1 Å². The average Bonchev–Trinajstić information content (AvgIpc) is 3.43. The van der Waals surface area contributed by atoms with E-state index in [4.69, 9.17) is 39.9 Å². The summed E-state index contributed by atoms with van der Waals surface area (Å²) in [5, 5.41) is 0.971. The van der Waals surface area contributed by atoms with Crippen molar-refractivity contribution in [2.45, 2.75) is 25.0 Å². The molecule has 45 heavy (non-hydrogen) atoms. The summed E-state index contributed by atoms with van der Waals surface area (Å²) in [5.74, 6) is 3.76. The number of nitrogens with zero attached hydrogens (tertiary/aromatic N) is 7. The van der Waals surface area contributed by atoms with Crippen molar-refractivity contribution < 1.29 is 19.0 Å². The summed E-state index contributed by atoms with van der Waals surface area (Å²) in [6.07, 6.45) is 3.91. The highest BCUT2D eigenvalue weighted by atomic mass is 16.6. The van der Waals surface area contributed by atoms with Crippen LogP contribution in [0.4, 0.5) is 16.4 Å². The molecule has 0 saturated carbocycles. The summed E-state index contributed by atoms with van der Waals surface area (Å²) in [4.78, 5) is 37.4. The van der Waals surface area contributed by atoms with Gasteiger partial charge in [0.15, 0.2) is 23.1 Å². The highest BCUT2D eigenvalue weighted by Gasteiger charge is 2.37. The second-order valence-electron chi connectivity index (χ2n) is 11.3. The maximum atomic E-state index is 11.8. The normalized spacial score (nSPS) is 16.5. The molecule has 4 aromatic rings. The minimum Gasteiger partial charge on any atom is -0.493 e. The number of aromatic nitrogens is 4. The summed E-state index contributed by atoms with van der Waals surface area (Å²) < 4.78 is 16.6. The molecule has 1 fully saturated rings. The number of fused-ring (bicyclic) bond motifs is 1. The number of hydrogen-bond acceptors (Lipinski definition) is 11. The molecule has 0 bridgehead atoms. The van der Waals surface area contributed by atoms with Crippen LogP contribution < -0.4 is 25.0 Å². The maximum Gasteiger partial charge on any atom is 0.404 e. The zero-order valence-corrected chi connectivity index (χ0v) is 26.6. The summed E-state index contributed by atoms with van der Waals surface area (Å²) in [5.41, 5.74) is 7.82. The molecule has 12 heteroatoms. The number of rotatable bonds is 11. The van der Waals surface area contributed by atoms with Gasteiger partial charge in [0.25, 0.3) is 0 Å². The largest absolute Gasteiger partial charge is 0.493 e. The third-order valence-electron chi connectivity index (χ3n) is 7.73. The van der Waals surface area contributed by atoms with Crippen molar-refractivity contribution in [1.29, 1.82) is 0 Å². The van der Waals surface area contributed by atoms with Crippen LogP contribution in [0.3, 0.4) is 0 Å². The summed E-state index contributed by atoms with van der Waals surface area (Å²) in [7, 11) is 11.2. The van der Waals surface area contributed by atoms with Crippen LogP contribution in [-0.2, 0) is 4.74 Å². The Morgan fingerprint density at radius 3 is 2.38 bits per heavy atom. The van der Waals surface area contributed by atoms with E-state index in [1.165, 1.54) is 0 Å². The van der Waals surface area contributed by atoms with Gasteiger partial charge >= 0.3 is 6.09 Å². The molecular weight excluding hydrogens is 572 g/mol. The first kappa shape index (κ1) is 31.5. The molecule has 2 aromatic carbocycles. The van der Waals surface area contributed by atoms with Crippen molar-refractivity contribution in [3.05, 3.63) is 60.2 Å². The Morgan fingerprint density at radius 1 is 0.956 bits per heavy atom. The quantitative estimate of drug-likeness (QED) is 0.260. The molecule has 1 aliphatic rings. The number of carbonyl (C=O) groups excluding carboxylic acids is 1. The van der Waals surface area contributed by atoms with Crippen molar-refractivity contribution in [3.8, 4) is 22.8 Å². The van der Waals surface area contributed by atoms with E-state index in [1.807, 2.05) is 93.8 Å². The van der Waals surface area contributed by atoms with Crippen LogP contribution in [0.2, 0.25) is 0 Å². The number of benzene rings is 2. The summed E-state index contributed by atoms with van der Waals surface area (Å²) in [6, 6.07) is 15.4. The number of anilines is 2. The molecule has 3 heterocycles. The lowest BCUT2D eigenvalue weighted by atomic mass is 10.1. The molecule has 2 atom stereocenters. The zero-order chi connectivity index (χ0) is 32.1. The Morgan fingerprint density at radius 2 is 1.69 bits per heavy atom. The van der Waals surface area contributed by atoms with Crippen LogP contribution in [0.15, 0.2) is 48.5 Å². The fraction of sp³-hybridized carbons (Fsp3) is 0.364. The maximum absolute atomic E-state index is 11.8. The van der Waals surface area contributed by atoms with Crippen LogP contribution >= 0.6 is 0 Å². The first-order valence-corrected chi connectivity index (χ1v) is 14.8. The highest BCUT2D eigenvalue weighted by Crippen LogP contribution is 2.35. The van der Waals surface area contributed by atoms with Crippen molar-refractivity contribution in [3.63, 3.8) is 0 Å². The first-order valence-electron chi connectivity index (χ1n) is 14.8. The van der Waals surface area contributed by atoms with Crippen molar-refractivity contribution in [1.82, 2.24) is 24.8 Å². The molecule has 0 spiro atoms. The number of para-hydroxylation sites is 1. The van der Waals surface area contributed by atoms with E-state index in [0.29, 0.717) is 47.6 Å². The van der Waals surface area contributed by atoms with Crippen molar-refractivity contribution in [2.75, 3.05) is 65.3 Å². The molecule has 5 rings (SSSR count). The molecular formula is C33H40N8O4. The third-order valence-corrected chi connectivity index (χ3v) is 7.73. The molecule has 12 nitrogen and oxygen atoms in total. The van der Waals surface area contributed by atoms with Crippen LogP contribution in [0.1, 0.15) is 24.5 Å². The Hall–Kier alpha value is -4.97. The second kappa shape index (κ2) is 13.8. The Balaban J connectivity index is 1.59. The topological polar surface area (TPSA) is 132 Å². The van der Waals surface area contributed by atoms with E-state index in [1.54, 1.807) is 14.2 Å². The van der Waals surface area contributed by atoms with Gasteiger partial charge in [0.1, 0.15) is 17.7 Å². The lowest BCUT2D eigenvalue weighted by Gasteiger charge is -2.30. The number of methoxy groups -OCH3 is 2. The molecule has 2 N–H and O–H groups in total. The van der Waals surface area contributed by atoms with Gasteiger partial charge in [-0.15, -0.1) is 0 Å². The van der Waals surface area contributed by atoms with E-state index in [9.17, 15) is 4.79 Å². The lowest BCUT2D eigenvalue weighted by Crippen LogP contribution is -2.40. The smallest absolute Gasteiger partial charge is 0.404 e. The number of hydrogen-bond donors (Lipinski definition) is 1. The third kappa shape index (κ3) is 7.23. The SMILES string of the molecule is COc1ccc(-c2cc(N3CCC(OC(N)=O)C3CCN(C)C)nc(C=Cc3nc(N(C)C)c4ccccc4n3)n2)cc1OC. The molecule has 1 saturated heterocycles. The monoisotopic (exact) mass is 612 g/mol. The lowest BCUT2D eigenvalue weighted by molar-refractivity contribution is 0.0975. The van der Waals surface area contributed by atoms with Gasteiger partial charge in [-0.1, -0.05) is 12.1 Å². The molecule has 0 radical (unpaired) electrons. The minimum atomic E-state index is -0.776. The highest BCUT2D eigenvalue weighted by molar-refractivity contribution is 5.90. The molecule has 1 amide bonds. The minimum absolute atomic E-state index is 0.114. The van der Waals surface area contributed by atoms with Gasteiger partial charge in [0.2, 0.25) is 0 Å². The number of nitrogens with two attached hydrogens (primary N) is 1. The predicted octanol–water partition coefficient (Wildman–Crippen LogP) is 4.33. The van der Waals surface area contributed by atoms with Gasteiger partial charge in [-0.05, 0) is 69.5 Å². The van der Waals surface area contributed by atoms with E-state index < -0.39 is 6.09 Å². The predicted molar refractivity (Wildman–Crippen MR) is 177 cm³/mol. The van der Waals surface area contributed by atoms with E-state index >= 15 is 0 Å². The van der Waals surface area contributed by atoms with Gasteiger partial charge in [-0.2, -0.15) is 0 Å². The number of carbonyl (C=O) groups is 1. The van der Waals surface area contributed by atoms with E-state index in [0.717, 1.165) is 35.2 Å². The molecule has 0 aliphatic carbocycles. The van der Waals surface area contributed by atoms with Gasteiger partial charge in [-0.3, -0.25) is 0 Å². The fourth-order valence-electron chi connectivity index (χ4n) is 5.59. The van der Waals surface area contributed by atoms with Gasteiger partial charge in [0, 0.05) is 44.1 Å². The Labute approximate surface area is 263 Å². The van der Waals surface area contributed by atoms with Crippen LogP contribution in [0, 0.1) is 0 Å². The summed E-state index contributed by atoms with van der Waals surface area (Å²) in [6.45, 7) is 1.44.